The molecule has 1 aromatic carbocycles. The van der Waals surface area contributed by atoms with Crippen molar-refractivity contribution >= 4 is 17.2 Å². The van der Waals surface area contributed by atoms with Crippen molar-refractivity contribution in [1.29, 1.82) is 0 Å². The Morgan fingerprint density at radius 1 is 1.21 bits per heavy atom. The maximum atomic E-state index is 13.6. The number of halogens is 3. The van der Waals surface area contributed by atoms with Crippen molar-refractivity contribution < 1.29 is 22.7 Å². The zero-order valence-corrected chi connectivity index (χ0v) is 17.5. The van der Waals surface area contributed by atoms with E-state index in [-0.39, 0.29) is 17.1 Å². The second-order valence-corrected chi connectivity index (χ2v) is 7.86. The third-order valence-corrected chi connectivity index (χ3v) is 5.39. The van der Waals surface area contributed by atoms with Crippen molar-refractivity contribution in [3.63, 3.8) is 0 Å². The molecule has 0 spiro atoms. The number of nitrogens with zero attached hydrogens (tertiary/aromatic N) is 5. The first-order chi connectivity index (χ1) is 15.8. The Morgan fingerprint density at radius 3 is 2.76 bits per heavy atom. The van der Waals surface area contributed by atoms with Gasteiger partial charge in [0.1, 0.15) is 17.0 Å². The van der Waals surface area contributed by atoms with E-state index in [1.54, 1.807) is 18.0 Å². The second-order valence-electron chi connectivity index (χ2n) is 7.86. The molecule has 8 nitrogen and oxygen atoms in total. The highest BCUT2D eigenvalue weighted by Gasteiger charge is 2.38. The first kappa shape index (κ1) is 21.0. The normalized spacial score (nSPS) is 13.9. The van der Waals surface area contributed by atoms with Crippen molar-refractivity contribution in [2.45, 2.75) is 31.5 Å². The van der Waals surface area contributed by atoms with Gasteiger partial charge in [0.25, 0.3) is 5.91 Å². The topological polar surface area (TPSA) is 86.3 Å². The summed E-state index contributed by atoms with van der Waals surface area (Å²) < 4.78 is 48.2. The molecule has 1 N–H and O–H groups in total. The van der Waals surface area contributed by atoms with Crippen molar-refractivity contribution in [3.8, 4) is 5.75 Å². The summed E-state index contributed by atoms with van der Waals surface area (Å²) in [4.78, 5) is 17.2. The SMILES string of the molecule is COc1cccc(Cn2cc(NC(=O)c3cnn4c(C(F)(F)F)cc(C5CC5)nc34)cn2)c1. The summed E-state index contributed by atoms with van der Waals surface area (Å²) in [5.74, 6) is 0.0915. The molecule has 0 atom stereocenters. The maximum Gasteiger partial charge on any atom is 0.433 e. The number of hydrogen-bond donors (Lipinski definition) is 1. The number of carbonyl (C=O) groups is 1. The zero-order chi connectivity index (χ0) is 23.2. The molecule has 0 bridgehead atoms. The van der Waals surface area contributed by atoms with Crippen LogP contribution in [-0.4, -0.2) is 37.4 Å². The number of fused-ring (bicyclic) bond motifs is 1. The maximum absolute atomic E-state index is 13.6. The Hall–Kier alpha value is -3.89. The van der Waals surface area contributed by atoms with Crippen LogP contribution in [0.2, 0.25) is 0 Å². The molecule has 3 heterocycles. The van der Waals surface area contributed by atoms with E-state index < -0.39 is 17.8 Å². The van der Waals surface area contributed by atoms with Crippen LogP contribution in [0.15, 0.2) is 48.9 Å². The molecule has 0 unspecified atom stereocenters. The minimum atomic E-state index is -4.62. The Bertz CT molecular complexity index is 1340. The predicted octanol–water partition coefficient (Wildman–Crippen LogP) is 4.13. The molecule has 1 aliphatic carbocycles. The molecule has 3 aromatic heterocycles. The van der Waals surface area contributed by atoms with E-state index in [0.717, 1.165) is 36.4 Å². The molecule has 170 valence electrons. The zero-order valence-electron chi connectivity index (χ0n) is 17.5. The van der Waals surface area contributed by atoms with Gasteiger partial charge in [-0.05, 0) is 36.6 Å². The lowest BCUT2D eigenvalue weighted by atomic mass is 10.2. The average Bonchev–Trinajstić information content (AvgIpc) is 3.40. The number of anilines is 1. The van der Waals surface area contributed by atoms with Crippen molar-refractivity contribution in [2.75, 3.05) is 12.4 Å². The molecule has 0 saturated heterocycles. The third-order valence-electron chi connectivity index (χ3n) is 5.39. The number of nitrogens with one attached hydrogen (secondary N) is 1. The molecule has 33 heavy (non-hydrogen) atoms. The first-order valence-electron chi connectivity index (χ1n) is 10.2. The van der Waals surface area contributed by atoms with Crippen molar-refractivity contribution in [3.05, 3.63) is 71.4 Å². The van der Waals surface area contributed by atoms with E-state index in [4.69, 9.17) is 4.74 Å². The van der Waals surface area contributed by atoms with Gasteiger partial charge >= 0.3 is 6.18 Å². The smallest absolute Gasteiger partial charge is 0.433 e. The van der Waals surface area contributed by atoms with Gasteiger partial charge < -0.3 is 10.1 Å². The van der Waals surface area contributed by atoms with E-state index in [1.165, 1.54) is 6.20 Å². The minimum Gasteiger partial charge on any atom is -0.497 e. The molecule has 1 aliphatic rings. The fourth-order valence-electron chi connectivity index (χ4n) is 3.60. The average molecular weight is 456 g/mol. The highest BCUT2D eigenvalue weighted by atomic mass is 19.4. The van der Waals surface area contributed by atoms with E-state index >= 15 is 0 Å². The van der Waals surface area contributed by atoms with Gasteiger partial charge in [-0.3, -0.25) is 9.48 Å². The largest absolute Gasteiger partial charge is 0.497 e. The Labute approximate surface area is 186 Å². The lowest BCUT2D eigenvalue weighted by molar-refractivity contribution is -0.142. The van der Waals surface area contributed by atoms with Crippen LogP contribution < -0.4 is 10.1 Å². The fraction of sp³-hybridized carbons (Fsp3) is 0.273. The predicted molar refractivity (Wildman–Crippen MR) is 112 cm³/mol. The van der Waals surface area contributed by atoms with Gasteiger partial charge in [0, 0.05) is 17.8 Å². The van der Waals surface area contributed by atoms with Gasteiger partial charge in [0.15, 0.2) is 5.65 Å². The molecule has 0 radical (unpaired) electrons. The Balaban J connectivity index is 1.39. The highest BCUT2D eigenvalue weighted by Crippen LogP contribution is 2.41. The van der Waals surface area contributed by atoms with Crippen LogP contribution in [0.5, 0.6) is 5.75 Å². The number of rotatable bonds is 6. The number of methoxy groups -OCH3 is 1. The second kappa shape index (κ2) is 7.91. The van der Waals surface area contributed by atoms with Crippen LogP contribution in [0.4, 0.5) is 18.9 Å². The monoisotopic (exact) mass is 456 g/mol. The van der Waals surface area contributed by atoms with Gasteiger partial charge in [-0.25, -0.2) is 9.50 Å². The van der Waals surface area contributed by atoms with Gasteiger partial charge in [0.2, 0.25) is 0 Å². The molecule has 1 saturated carbocycles. The number of alkyl halides is 3. The summed E-state index contributed by atoms with van der Waals surface area (Å²) in [6, 6.07) is 8.51. The van der Waals surface area contributed by atoms with Gasteiger partial charge in [0.05, 0.1) is 31.7 Å². The van der Waals surface area contributed by atoms with Gasteiger partial charge in [-0.15, -0.1) is 0 Å². The van der Waals surface area contributed by atoms with Crippen LogP contribution in [0.25, 0.3) is 5.65 Å². The standard InChI is InChI=1S/C22H19F3N6O2/c1-33-16-4-2-3-13(7-16)11-30-12-15(9-26-30)28-21(32)17-10-27-31-19(22(23,24)25)8-18(14-5-6-14)29-20(17)31/h2-4,7-10,12,14H,5-6,11H2,1H3,(H,28,32). The van der Waals surface area contributed by atoms with E-state index in [1.807, 2.05) is 24.3 Å². The lowest BCUT2D eigenvalue weighted by Crippen LogP contribution is -2.16. The molecule has 11 heteroatoms. The number of amides is 1. The van der Waals surface area contributed by atoms with Crippen LogP contribution >= 0.6 is 0 Å². The first-order valence-corrected chi connectivity index (χ1v) is 10.2. The molecular weight excluding hydrogens is 437 g/mol. The van der Waals surface area contributed by atoms with Crippen LogP contribution in [-0.2, 0) is 12.7 Å². The summed E-state index contributed by atoms with van der Waals surface area (Å²) in [6.07, 6.45) is 1.14. The molecule has 1 amide bonds. The molecule has 1 fully saturated rings. The minimum absolute atomic E-state index is 0.0169. The molecule has 0 aliphatic heterocycles. The highest BCUT2D eigenvalue weighted by molar-refractivity contribution is 6.08. The molecule has 4 aromatic rings. The van der Waals surface area contributed by atoms with Crippen molar-refractivity contribution in [2.24, 2.45) is 0 Å². The van der Waals surface area contributed by atoms with E-state index in [2.05, 4.69) is 20.5 Å². The van der Waals surface area contributed by atoms with E-state index in [0.29, 0.717) is 22.4 Å². The lowest BCUT2D eigenvalue weighted by Gasteiger charge is -2.11. The fourth-order valence-corrected chi connectivity index (χ4v) is 3.60. The van der Waals surface area contributed by atoms with Gasteiger partial charge in [-0.2, -0.15) is 23.4 Å². The van der Waals surface area contributed by atoms with E-state index in [9.17, 15) is 18.0 Å². The molecular formula is C22H19F3N6O2. The van der Waals surface area contributed by atoms with Crippen LogP contribution in [0.1, 0.15) is 46.1 Å². The van der Waals surface area contributed by atoms with Gasteiger partial charge in [-0.1, -0.05) is 12.1 Å². The van der Waals surface area contributed by atoms with Crippen molar-refractivity contribution in [1.82, 2.24) is 24.4 Å². The quantitative estimate of drug-likeness (QED) is 0.472. The molecule has 5 rings (SSSR count). The Morgan fingerprint density at radius 2 is 2.03 bits per heavy atom. The number of benzene rings is 1. The number of ether oxygens (including phenoxy) is 1. The van der Waals surface area contributed by atoms with Crippen LogP contribution in [0.3, 0.4) is 0 Å². The number of hydrogen-bond acceptors (Lipinski definition) is 5. The number of carbonyl (C=O) groups excluding carboxylic acids is 1. The summed E-state index contributed by atoms with van der Waals surface area (Å²) in [6.45, 7) is 0.449. The third kappa shape index (κ3) is 4.26. The van der Waals surface area contributed by atoms with Crippen LogP contribution in [0, 0.1) is 0 Å². The Kier molecular flexibility index (Phi) is 5.03. The summed E-state index contributed by atoms with van der Waals surface area (Å²) in [5.41, 5.74) is 0.581. The number of aromatic nitrogens is 5. The summed E-state index contributed by atoms with van der Waals surface area (Å²) in [5, 5.41) is 10.7. The summed E-state index contributed by atoms with van der Waals surface area (Å²) in [7, 11) is 1.58. The summed E-state index contributed by atoms with van der Waals surface area (Å²) >= 11 is 0.